The lowest BCUT2D eigenvalue weighted by Crippen LogP contribution is -2.02. The lowest BCUT2D eigenvalue weighted by atomic mass is 9.92. The third kappa shape index (κ3) is 3.09. The number of pyridine rings is 2. The van der Waals surface area contributed by atoms with Crippen LogP contribution in [0.2, 0.25) is 0 Å². The van der Waals surface area contributed by atoms with Crippen LogP contribution >= 0.6 is 0 Å². The molecule has 4 aromatic rings. The Labute approximate surface area is 146 Å². The Balaban J connectivity index is 1.47. The van der Waals surface area contributed by atoms with Gasteiger partial charge in [0.15, 0.2) is 11.3 Å². The molecule has 5 nitrogen and oxygen atoms in total. The molecule has 5 heteroatoms. The largest absolute Gasteiger partial charge is 0.301 e. The molecule has 4 heterocycles. The predicted octanol–water partition coefficient (Wildman–Crippen LogP) is 4.36. The third-order valence-electron chi connectivity index (χ3n) is 4.93. The van der Waals surface area contributed by atoms with Crippen LogP contribution < -0.4 is 0 Å². The van der Waals surface area contributed by atoms with Crippen LogP contribution in [0, 0.1) is 0 Å². The van der Waals surface area contributed by atoms with Gasteiger partial charge < -0.3 is 4.40 Å². The zero-order valence-corrected chi connectivity index (χ0v) is 14.5. The molecule has 25 heavy (non-hydrogen) atoms. The highest BCUT2D eigenvalue weighted by Crippen LogP contribution is 2.28. The van der Waals surface area contributed by atoms with E-state index in [9.17, 15) is 0 Å². The van der Waals surface area contributed by atoms with E-state index in [2.05, 4.69) is 50.3 Å². The summed E-state index contributed by atoms with van der Waals surface area (Å²) in [7, 11) is 0. The maximum Gasteiger partial charge on any atom is 0.159 e. The quantitative estimate of drug-likeness (QED) is 0.545. The standard InChI is InChI=1S/C20H21N5/c1-14(17-10-16-4-3-7-22-20(16)24-11-17)5-6-15(2)18-12-23-19-13-21-8-9-25(18)19/h3-4,7-15H,5-6H2,1-2H3. The second kappa shape index (κ2) is 6.59. The monoisotopic (exact) mass is 331 g/mol. The molecule has 0 spiro atoms. The molecule has 0 radical (unpaired) electrons. The minimum atomic E-state index is 0.440. The molecule has 0 saturated carbocycles. The van der Waals surface area contributed by atoms with E-state index in [-0.39, 0.29) is 0 Å². The summed E-state index contributed by atoms with van der Waals surface area (Å²) in [6, 6.07) is 6.24. The van der Waals surface area contributed by atoms with Crippen molar-refractivity contribution < 1.29 is 0 Å². The molecule has 0 aliphatic carbocycles. The topological polar surface area (TPSA) is 56.0 Å². The van der Waals surface area contributed by atoms with Gasteiger partial charge in [0, 0.05) is 42.1 Å². The van der Waals surface area contributed by atoms with Crippen LogP contribution in [0.25, 0.3) is 16.7 Å². The molecule has 2 unspecified atom stereocenters. The predicted molar refractivity (Wildman–Crippen MR) is 98.6 cm³/mol. The molecule has 0 saturated heterocycles. The minimum Gasteiger partial charge on any atom is -0.301 e. The van der Waals surface area contributed by atoms with Crippen LogP contribution in [-0.4, -0.2) is 24.3 Å². The highest BCUT2D eigenvalue weighted by molar-refractivity contribution is 5.74. The molecule has 4 rings (SSSR count). The maximum atomic E-state index is 4.49. The van der Waals surface area contributed by atoms with Crippen LogP contribution in [0.15, 0.2) is 55.4 Å². The number of hydrogen-bond donors (Lipinski definition) is 0. The second-order valence-corrected chi connectivity index (χ2v) is 6.69. The first kappa shape index (κ1) is 15.7. The van der Waals surface area contributed by atoms with Crippen molar-refractivity contribution in [3.8, 4) is 0 Å². The molecule has 0 aliphatic heterocycles. The van der Waals surface area contributed by atoms with E-state index >= 15 is 0 Å². The maximum absolute atomic E-state index is 4.49. The Kier molecular flexibility index (Phi) is 4.14. The van der Waals surface area contributed by atoms with Crippen molar-refractivity contribution in [3.63, 3.8) is 0 Å². The van der Waals surface area contributed by atoms with E-state index in [1.807, 2.05) is 30.9 Å². The molecular formula is C20H21N5. The van der Waals surface area contributed by atoms with Gasteiger partial charge in [-0.1, -0.05) is 13.8 Å². The van der Waals surface area contributed by atoms with Gasteiger partial charge in [-0.05, 0) is 48.4 Å². The summed E-state index contributed by atoms with van der Waals surface area (Å²) in [5, 5.41) is 1.11. The number of nitrogens with zero attached hydrogens (tertiary/aromatic N) is 5. The Morgan fingerprint density at radius 3 is 2.76 bits per heavy atom. The molecular weight excluding hydrogens is 310 g/mol. The van der Waals surface area contributed by atoms with Gasteiger partial charge in [-0.2, -0.15) is 0 Å². The minimum absolute atomic E-state index is 0.440. The SMILES string of the molecule is CC(CCC(C)c1cnc2cnccn12)c1cnc2ncccc2c1. The lowest BCUT2D eigenvalue weighted by molar-refractivity contribution is 0.562. The normalized spacial score (nSPS) is 14.0. The summed E-state index contributed by atoms with van der Waals surface area (Å²) in [5.74, 6) is 0.898. The third-order valence-corrected chi connectivity index (χ3v) is 4.93. The van der Waals surface area contributed by atoms with Gasteiger partial charge in [0.25, 0.3) is 0 Å². The fourth-order valence-corrected chi connectivity index (χ4v) is 3.29. The van der Waals surface area contributed by atoms with Crippen molar-refractivity contribution >= 4 is 16.7 Å². The van der Waals surface area contributed by atoms with Crippen molar-refractivity contribution in [2.75, 3.05) is 0 Å². The number of aromatic nitrogens is 5. The molecule has 0 aliphatic rings. The Hall–Kier alpha value is -2.82. The zero-order valence-electron chi connectivity index (χ0n) is 14.5. The van der Waals surface area contributed by atoms with Crippen LogP contribution in [0.5, 0.6) is 0 Å². The van der Waals surface area contributed by atoms with E-state index in [0.29, 0.717) is 11.8 Å². The van der Waals surface area contributed by atoms with E-state index in [0.717, 1.165) is 29.5 Å². The molecule has 0 amide bonds. The average Bonchev–Trinajstić information content (AvgIpc) is 3.09. The van der Waals surface area contributed by atoms with E-state index in [1.54, 1.807) is 12.4 Å². The summed E-state index contributed by atoms with van der Waals surface area (Å²) in [6.45, 7) is 4.53. The first-order valence-corrected chi connectivity index (χ1v) is 8.70. The van der Waals surface area contributed by atoms with Gasteiger partial charge in [-0.25, -0.2) is 15.0 Å². The average molecular weight is 331 g/mol. The van der Waals surface area contributed by atoms with Gasteiger partial charge >= 0.3 is 0 Å². The molecule has 2 atom stereocenters. The molecule has 0 bridgehead atoms. The first-order chi connectivity index (χ1) is 12.2. The van der Waals surface area contributed by atoms with Crippen LogP contribution in [0.1, 0.15) is 49.8 Å². The van der Waals surface area contributed by atoms with Gasteiger partial charge in [0.1, 0.15) is 0 Å². The lowest BCUT2D eigenvalue weighted by Gasteiger charge is -2.16. The Bertz CT molecular complexity index is 1010. The highest BCUT2D eigenvalue weighted by Gasteiger charge is 2.14. The van der Waals surface area contributed by atoms with E-state index in [4.69, 9.17) is 0 Å². The van der Waals surface area contributed by atoms with E-state index in [1.165, 1.54) is 11.3 Å². The smallest absolute Gasteiger partial charge is 0.159 e. The summed E-state index contributed by atoms with van der Waals surface area (Å²) in [5.41, 5.74) is 4.23. The molecule has 126 valence electrons. The fourth-order valence-electron chi connectivity index (χ4n) is 3.29. The molecule has 0 N–H and O–H groups in total. The van der Waals surface area contributed by atoms with Gasteiger partial charge in [0.2, 0.25) is 0 Å². The molecule has 0 fully saturated rings. The van der Waals surface area contributed by atoms with Crippen molar-refractivity contribution in [3.05, 3.63) is 66.6 Å². The summed E-state index contributed by atoms with van der Waals surface area (Å²) < 4.78 is 2.13. The van der Waals surface area contributed by atoms with Crippen molar-refractivity contribution in [1.29, 1.82) is 0 Å². The summed E-state index contributed by atoms with van der Waals surface area (Å²) in [6.07, 6.45) is 13.5. The van der Waals surface area contributed by atoms with Gasteiger partial charge in [-0.15, -0.1) is 0 Å². The van der Waals surface area contributed by atoms with Gasteiger partial charge in [-0.3, -0.25) is 4.98 Å². The second-order valence-electron chi connectivity index (χ2n) is 6.69. The van der Waals surface area contributed by atoms with Gasteiger partial charge in [0.05, 0.1) is 6.20 Å². The number of rotatable bonds is 5. The van der Waals surface area contributed by atoms with Crippen molar-refractivity contribution in [2.24, 2.45) is 0 Å². The Morgan fingerprint density at radius 2 is 1.84 bits per heavy atom. The number of fused-ring (bicyclic) bond motifs is 2. The zero-order chi connectivity index (χ0) is 17.2. The Morgan fingerprint density at radius 1 is 0.960 bits per heavy atom. The fraction of sp³-hybridized carbons (Fsp3) is 0.300. The van der Waals surface area contributed by atoms with Crippen LogP contribution in [0.4, 0.5) is 0 Å². The number of imidazole rings is 1. The highest BCUT2D eigenvalue weighted by atomic mass is 15.0. The van der Waals surface area contributed by atoms with Crippen molar-refractivity contribution in [2.45, 2.75) is 38.5 Å². The van der Waals surface area contributed by atoms with Crippen molar-refractivity contribution in [1.82, 2.24) is 24.3 Å². The number of hydrogen-bond acceptors (Lipinski definition) is 4. The molecule has 0 aromatic carbocycles. The van der Waals surface area contributed by atoms with E-state index < -0.39 is 0 Å². The summed E-state index contributed by atoms with van der Waals surface area (Å²) >= 11 is 0. The molecule has 4 aromatic heterocycles. The van der Waals surface area contributed by atoms with Crippen LogP contribution in [0.3, 0.4) is 0 Å². The van der Waals surface area contributed by atoms with Crippen LogP contribution in [-0.2, 0) is 0 Å². The first-order valence-electron chi connectivity index (χ1n) is 8.70. The summed E-state index contributed by atoms with van der Waals surface area (Å²) in [4.78, 5) is 17.4.